The fourth-order valence-corrected chi connectivity index (χ4v) is 1.76. The molecule has 3 N–H and O–H groups in total. The summed E-state index contributed by atoms with van der Waals surface area (Å²) in [5.41, 5.74) is 5.80. The van der Waals surface area contributed by atoms with Gasteiger partial charge in [0.15, 0.2) is 0 Å². The number of likely N-dealkylation sites (N-methyl/N-ethyl adjacent to an activating group) is 1. The first-order chi connectivity index (χ1) is 8.23. The van der Waals surface area contributed by atoms with Gasteiger partial charge in [-0.05, 0) is 31.3 Å². The van der Waals surface area contributed by atoms with Crippen molar-refractivity contribution in [3.63, 3.8) is 0 Å². The largest absolute Gasteiger partial charge is 0.354 e. The highest BCUT2D eigenvalue weighted by Crippen LogP contribution is 2.16. The molecular formula is C14H31N3O. The molecule has 0 rings (SSSR count). The SMILES string of the molecule is CCN(CC(C)(C)CN)C(C)C(=O)NCC(C)C. The van der Waals surface area contributed by atoms with Gasteiger partial charge in [-0.1, -0.05) is 34.6 Å². The van der Waals surface area contributed by atoms with Crippen LogP contribution >= 0.6 is 0 Å². The standard InChI is InChI=1S/C14H31N3O/c1-7-17(10-14(5,6)9-15)12(4)13(18)16-8-11(2)3/h11-12H,7-10,15H2,1-6H3,(H,16,18). The molecule has 0 saturated carbocycles. The van der Waals surface area contributed by atoms with E-state index in [1.807, 2.05) is 6.92 Å². The minimum Gasteiger partial charge on any atom is -0.354 e. The van der Waals surface area contributed by atoms with E-state index in [1.165, 1.54) is 0 Å². The van der Waals surface area contributed by atoms with E-state index in [0.717, 1.165) is 19.6 Å². The van der Waals surface area contributed by atoms with Crippen LogP contribution < -0.4 is 11.1 Å². The summed E-state index contributed by atoms with van der Waals surface area (Å²) in [5, 5.41) is 2.99. The Morgan fingerprint density at radius 2 is 1.89 bits per heavy atom. The van der Waals surface area contributed by atoms with Gasteiger partial charge in [0.25, 0.3) is 0 Å². The lowest BCUT2D eigenvalue weighted by atomic mass is 9.92. The summed E-state index contributed by atoms with van der Waals surface area (Å²) in [6.45, 7) is 15.6. The average molecular weight is 257 g/mol. The Kier molecular flexibility index (Phi) is 7.48. The zero-order valence-electron chi connectivity index (χ0n) is 12.9. The second-order valence-corrected chi connectivity index (χ2v) is 6.25. The number of amides is 1. The summed E-state index contributed by atoms with van der Waals surface area (Å²) in [6.07, 6.45) is 0. The molecule has 0 radical (unpaired) electrons. The molecule has 4 nitrogen and oxygen atoms in total. The Morgan fingerprint density at radius 1 is 1.33 bits per heavy atom. The Bertz CT molecular complexity index is 251. The van der Waals surface area contributed by atoms with Gasteiger partial charge >= 0.3 is 0 Å². The molecule has 4 heteroatoms. The van der Waals surface area contributed by atoms with Crippen LogP contribution in [0.25, 0.3) is 0 Å². The maximum atomic E-state index is 12.0. The molecule has 0 aromatic rings. The van der Waals surface area contributed by atoms with Crippen LogP contribution in [0.15, 0.2) is 0 Å². The van der Waals surface area contributed by atoms with Crippen molar-refractivity contribution in [3.05, 3.63) is 0 Å². The van der Waals surface area contributed by atoms with E-state index in [2.05, 4.69) is 44.8 Å². The summed E-state index contributed by atoms with van der Waals surface area (Å²) in [7, 11) is 0. The molecule has 1 amide bonds. The van der Waals surface area contributed by atoms with Crippen molar-refractivity contribution in [2.24, 2.45) is 17.1 Å². The highest BCUT2D eigenvalue weighted by molar-refractivity contribution is 5.81. The van der Waals surface area contributed by atoms with Gasteiger partial charge in [0.05, 0.1) is 6.04 Å². The molecule has 0 heterocycles. The molecule has 0 fully saturated rings. The van der Waals surface area contributed by atoms with Crippen molar-refractivity contribution in [2.45, 2.75) is 47.6 Å². The van der Waals surface area contributed by atoms with Gasteiger partial charge < -0.3 is 11.1 Å². The minimum absolute atomic E-state index is 0.0442. The predicted octanol–water partition coefficient (Wildman–Crippen LogP) is 1.45. The molecular weight excluding hydrogens is 226 g/mol. The van der Waals surface area contributed by atoms with Crippen molar-refractivity contribution in [3.8, 4) is 0 Å². The first-order valence-corrected chi connectivity index (χ1v) is 6.95. The van der Waals surface area contributed by atoms with Crippen LogP contribution in [0.1, 0.15) is 41.5 Å². The lowest BCUT2D eigenvalue weighted by molar-refractivity contribution is -0.126. The highest BCUT2D eigenvalue weighted by Gasteiger charge is 2.26. The van der Waals surface area contributed by atoms with E-state index >= 15 is 0 Å². The molecule has 1 atom stereocenters. The van der Waals surface area contributed by atoms with E-state index < -0.39 is 0 Å². The van der Waals surface area contributed by atoms with Gasteiger partial charge in [0.1, 0.15) is 0 Å². The maximum absolute atomic E-state index is 12.0. The van der Waals surface area contributed by atoms with Crippen molar-refractivity contribution < 1.29 is 4.79 Å². The number of carbonyl (C=O) groups is 1. The average Bonchev–Trinajstić information content (AvgIpc) is 2.32. The molecule has 18 heavy (non-hydrogen) atoms. The number of hydrogen-bond donors (Lipinski definition) is 2. The van der Waals surface area contributed by atoms with Crippen molar-refractivity contribution >= 4 is 5.91 Å². The normalized spacial score (nSPS) is 14.1. The summed E-state index contributed by atoms with van der Waals surface area (Å²) >= 11 is 0. The van der Waals surface area contributed by atoms with E-state index in [4.69, 9.17) is 5.73 Å². The summed E-state index contributed by atoms with van der Waals surface area (Å²) < 4.78 is 0. The quantitative estimate of drug-likeness (QED) is 0.692. The van der Waals surface area contributed by atoms with Crippen molar-refractivity contribution in [2.75, 3.05) is 26.2 Å². The summed E-state index contributed by atoms with van der Waals surface area (Å²) in [4.78, 5) is 14.2. The molecule has 0 aliphatic carbocycles. The maximum Gasteiger partial charge on any atom is 0.237 e. The van der Waals surface area contributed by atoms with Gasteiger partial charge in [-0.3, -0.25) is 9.69 Å². The molecule has 0 aromatic carbocycles. The monoisotopic (exact) mass is 257 g/mol. The van der Waals surface area contributed by atoms with Crippen LogP contribution in [0.5, 0.6) is 0 Å². The molecule has 0 bridgehead atoms. The minimum atomic E-state index is -0.0976. The predicted molar refractivity (Wildman–Crippen MR) is 77.4 cm³/mol. The van der Waals surface area contributed by atoms with Crippen molar-refractivity contribution in [1.29, 1.82) is 0 Å². The molecule has 0 aliphatic heterocycles. The topological polar surface area (TPSA) is 58.4 Å². The zero-order chi connectivity index (χ0) is 14.3. The first kappa shape index (κ1) is 17.4. The van der Waals surface area contributed by atoms with Crippen molar-refractivity contribution in [1.82, 2.24) is 10.2 Å². The Hall–Kier alpha value is -0.610. The van der Waals surface area contributed by atoms with Crippen LogP contribution in [-0.2, 0) is 4.79 Å². The second kappa shape index (κ2) is 7.74. The van der Waals surface area contributed by atoms with Crippen LogP contribution in [0.2, 0.25) is 0 Å². The third-order valence-electron chi connectivity index (χ3n) is 3.20. The van der Waals surface area contributed by atoms with Crippen LogP contribution in [0, 0.1) is 11.3 Å². The van der Waals surface area contributed by atoms with Gasteiger partial charge in [-0.25, -0.2) is 0 Å². The molecule has 0 saturated heterocycles. The number of carbonyl (C=O) groups excluding carboxylic acids is 1. The fraction of sp³-hybridized carbons (Fsp3) is 0.929. The smallest absolute Gasteiger partial charge is 0.237 e. The highest BCUT2D eigenvalue weighted by atomic mass is 16.2. The first-order valence-electron chi connectivity index (χ1n) is 6.95. The van der Waals surface area contributed by atoms with Crippen LogP contribution in [-0.4, -0.2) is 43.0 Å². The van der Waals surface area contributed by atoms with Gasteiger partial charge in [0, 0.05) is 13.1 Å². The second-order valence-electron chi connectivity index (χ2n) is 6.25. The lowest BCUT2D eigenvalue weighted by Gasteiger charge is -2.34. The van der Waals surface area contributed by atoms with Gasteiger partial charge in [-0.2, -0.15) is 0 Å². The number of nitrogens with zero attached hydrogens (tertiary/aromatic N) is 1. The molecule has 108 valence electrons. The number of nitrogens with two attached hydrogens (primary N) is 1. The summed E-state index contributed by atoms with van der Waals surface area (Å²) in [5.74, 6) is 0.593. The Morgan fingerprint density at radius 3 is 2.28 bits per heavy atom. The third kappa shape index (κ3) is 6.36. The molecule has 1 unspecified atom stereocenters. The van der Waals surface area contributed by atoms with Crippen LogP contribution in [0.4, 0.5) is 0 Å². The number of rotatable bonds is 8. The van der Waals surface area contributed by atoms with E-state index in [9.17, 15) is 4.79 Å². The molecule has 0 aliphatic rings. The van der Waals surface area contributed by atoms with E-state index in [0.29, 0.717) is 12.5 Å². The fourth-order valence-electron chi connectivity index (χ4n) is 1.76. The van der Waals surface area contributed by atoms with Gasteiger partial charge in [0.2, 0.25) is 5.91 Å². The molecule has 0 aromatic heterocycles. The third-order valence-corrected chi connectivity index (χ3v) is 3.20. The van der Waals surface area contributed by atoms with Gasteiger partial charge in [-0.15, -0.1) is 0 Å². The summed E-state index contributed by atoms with van der Waals surface area (Å²) in [6, 6.07) is -0.0976. The Labute approximate surface area is 112 Å². The Balaban J connectivity index is 4.42. The van der Waals surface area contributed by atoms with E-state index in [-0.39, 0.29) is 17.4 Å². The zero-order valence-corrected chi connectivity index (χ0v) is 12.9. The lowest BCUT2D eigenvalue weighted by Crippen LogP contribution is -2.50. The molecule has 0 spiro atoms. The number of nitrogens with one attached hydrogen (secondary N) is 1. The van der Waals surface area contributed by atoms with Crippen LogP contribution in [0.3, 0.4) is 0 Å². The van der Waals surface area contributed by atoms with E-state index in [1.54, 1.807) is 0 Å². The number of hydrogen-bond acceptors (Lipinski definition) is 3.